The van der Waals surface area contributed by atoms with Crippen molar-refractivity contribution in [1.29, 1.82) is 0 Å². The topological polar surface area (TPSA) is 52.3 Å². The normalized spacial score (nSPS) is 18.6. The Labute approximate surface area is 105 Å². The number of hydrogen-bond donors (Lipinski definition) is 1. The quantitative estimate of drug-likeness (QED) is 0.697. The van der Waals surface area contributed by atoms with Gasteiger partial charge in [-0.1, -0.05) is 26.7 Å². The van der Waals surface area contributed by atoms with Crippen LogP contribution in [0.25, 0.3) is 0 Å². The van der Waals surface area contributed by atoms with Gasteiger partial charge in [0.2, 0.25) is 0 Å². The number of ether oxygens (including phenoxy) is 1. The maximum Gasteiger partial charge on any atom is 0.306 e. The van der Waals surface area contributed by atoms with Crippen molar-refractivity contribution in [3.05, 3.63) is 0 Å². The third-order valence-electron chi connectivity index (χ3n) is 3.55. The van der Waals surface area contributed by atoms with Crippen LogP contribution < -0.4 is 5.73 Å². The van der Waals surface area contributed by atoms with E-state index in [0.717, 1.165) is 6.42 Å². The summed E-state index contributed by atoms with van der Waals surface area (Å²) in [5.74, 6) is 1.42. The lowest BCUT2D eigenvalue weighted by atomic mass is 9.94. The molecule has 3 nitrogen and oxygen atoms in total. The van der Waals surface area contributed by atoms with Crippen LogP contribution in [0.15, 0.2) is 0 Å². The highest BCUT2D eigenvalue weighted by Gasteiger charge is 2.19. The van der Waals surface area contributed by atoms with Gasteiger partial charge >= 0.3 is 5.97 Å². The van der Waals surface area contributed by atoms with Gasteiger partial charge in [-0.3, -0.25) is 4.79 Å². The molecule has 1 aliphatic carbocycles. The van der Waals surface area contributed by atoms with Crippen LogP contribution in [-0.2, 0) is 9.53 Å². The van der Waals surface area contributed by atoms with Crippen molar-refractivity contribution < 1.29 is 9.53 Å². The fourth-order valence-electron chi connectivity index (χ4n) is 2.61. The fourth-order valence-corrected chi connectivity index (χ4v) is 2.61. The van der Waals surface area contributed by atoms with E-state index in [4.69, 9.17) is 10.5 Å². The van der Waals surface area contributed by atoms with E-state index >= 15 is 0 Å². The van der Waals surface area contributed by atoms with Gasteiger partial charge in [-0.05, 0) is 43.6 Å². The molecule has 2 N–H and O–H groups in total. The Balaban J connectivity index is 2.17. The summed E-state index contributed by atoms with van der Waals surface area (Å²) in [5.41, 5.74) is 5.68. The predicted octanol–water partition coefficient (Wildman–Crippen LogP) is 2.73. The van der Waals surface area contributed by atoms with E-state index < -0.39 is 0 Å². The average Bonchev–Trinajstić information content (AvgIpc) is 2.77. The van der Waals surface area contributed by atoms with Crippen molar-refractivity contribution in [3.8, 4) is 0 Å². The van der Waals surface area contributed by atoms with Crippen molar-refractivity contribution in [2.45, 2.75) is 52.4 Å². The highest BCUT2D eigenvalue weighted by Crippen LogP contribution is 2.25. The van der Waals surface area contributed by atoms with Crippen molar-refractivity contribution in [2.75, 3.05) is 13.2 Å². The average molecular weight is 241 g/mol. The number of carbonyl (C=O) groups excluding carboxylic acids is 1. The van der Waals surface area contributed by atoms with Crippen LogP contribution in [0.1, 0.15) is 52.4 Å². The minimum Gasteiger partial charge on any atom is -0.465 e. The molecule has 100 valence electrons. The first-order valence-corrected chi connectivity index (χ1v) is 6.97. The molecule has 17 heavy (non-hydrogen) atoms. The molecule has 0 aromatic heterocycles. The van der Waals surface area contributed by atoms with Gasteiger partial charge in [0, 0.05) is 6.42 Å². The van der Waals surface area contributed by atoms with E-state index in [0.29, 0.717) is 31.4 Å². The van der Waals surface area contributed by atoms with Crippen LogP contribution in [-0.4, -0.2) is 19.1 Å². The van der Waals surface area contributed by atoms with Gasteiger partial charge < -0.3 is 10.5 Å². The maximum absolute atomic E-state index is 11.7. The summed E-state index contributed by atoms with van der Waals surface area (Å²) >= 11 is 0. The zero-order valence-electron chi connectivity index (χ0n) is 11.3. The number of nitrogens with two attached hydrogens (primary N) is 1. The third kappa shape index (κ3) is 6.06. The SMILES string of the molecule is CC(C)CC(CN)CC(=O)OCC1CCCC1. The van der Waals surface area contributed by atoms with Gasteiger partial charge in [0.05, 0.1) is 6.61 Å². The van der Waals surface area contributed by atoms with Crippen molar-refractivity contribution in [2.24, 2.45) is 23.5 Å². The molecule has 0 bridgehead atoms. The second kappa shape index (κ2) is 7.70. The van der Waals surface area contributed by atoms with E-state index in [1.807, 2.05) is 0 Å². The zero-order valence-corrected chi connectivity index (χ0v) is 11.3. The van der Waals surface area contributed by atoms with Crippen LogP contribution in [0.4, 0.5) is 0 Å². The molecule has 1 saturated carbocycles. The van der Waals surface area contributed by atoms with Gasteiger partial charge in [-0.25, -0.2) is 0 Å². The van der Waals surface area contributed by atoms with Crippen molar-refractivity contribution in [3.63, 3.8) is 0 Å². The van der Waals surface area contributed by atoms with E-state index in [-0.39, 0.29) is 11.9 Å². The molecular weight excluding hydrogens is 214 g/mol. The lowest BCUT2D eigenvalue weighted by Gasteiger charge is -2.17. The highest BCUT2D eigenvalue weighted by atomic mass is 16.5. The van der Waals surface area contributed by atoms with Crippen LogP contribution in [0, 0.1) is 17.8 Å². The highest BCUT2D eigenvalue weighted by molar-refractivity contribution is 5.69. The molecule has 0 radical (unpaired) electrons. The Bertz CT molecular complexity index is 222. The van der Waals surface area contributed by atoms with Crippen LogP contribution in [0.2, 0.25) is 0 Å². The summed E-state index contributed by atoms with van der Waals surface area (Å²) in [6.45, 7) is 5.52. The van der Waals surface area contributed by atoms with E-state index in [1.165, 1.54) is 25.7 Å². The number of hydrogen-bond acceptors (Lipinski definition) is 3. The molecule has 0 spiro atoms. The summed E-state index contributed by atoms with van der Waals surface area (Å²) in [7, 11) is 0. The molecular formula is C14H27NO2. The molecule has 0 aromatic carbocycles. The Morgan fingerprint density at radius 3 is 2.53 bits per heavy atom. The molecule has 0 aliphatic heterocycles. The van der Waals surface area contributed by atoms with Gasteiger partial charge in [0.1, 0.15) is 0 Å². The second-order valence-electron chi connectivity index (χ2n) is 5.77. The monoisotopic (exact) mass is 241 g/mol. The van der Waals surface area contributed by atoms with Crippen LogP contribution in [0.5, 0.6) is 0 Å². The smallest absolute Gasteiger partial charge is 0.306 e. The second-order valence-corrected chi connectivity index (χ2v) is 5.77. The molecule has 3 heteroatoms. The number of esters is 1. The van der Waals surface area contributed by atoms with Gasteiger partial charge in [0.25, 0.3) is 0 Å². The minimum atomic E-state index is -0.0620. The molecule has 1 aliphatic rings. The molecule has 1 rings (SSSR count). The Kier molecular flexibility index (Phi) is 6.56. The summed E-state index contributed by atoms with van der Waals surface area (Å²) in [5, 5.41) is 0. The summed E-state index contributed by atoms with van der Waals surface area (Å²) in [6, 6.07) is 0. The van der Waals surface area contributed by atoms with Gasteiger partial charge in [0.15, 0.2) is 0 Å². The fraction of sp³-hybridized carbons (Fsp3) is 0.929. The van der Waals surface area contributed by atoms with Crippen molar-refractivity contribution >= 4 is 5.97 Å². The van der Waals surface area contributed by atoms with E-state index in [1.54, 1.807) is 0 Å². The largest absolute Gasteiger partial charge is 0.465 e. The molecule has 0 saturated heterocycles. The Morgan fingerprint density at radius 1 is 1.35 bits per heavy atom. The van der Waals surface area contributed by atoms with Crippen LogP contribution in [0.3, 0.4) is 0 Å². The molecule has 0 amide bonds. The molecule has 1 fully saturated rings. The summed E-state index contributed by atoms with van der Waals surface area (Å²) < 4.78 is 5.35. The van der Waals surface area contributed by atoms with Gasteiger partial charge in [-0.2, -0.15) is 0 Å². The van der Waals surface area contributed by atoms with Gasteiger partial charge in [-0.15, -0.1) is 0 Å². The number of carbonyl (C=O) groups is 1. The maximum atomic E-state index is 11.7. The zero-order chi connectivity index (χ0) is 12.7. The lowest BCUT2D eigenvalue weighted by Crippen LogP contribution is -2.22. The van der Waals surface area contributed by atoms with E-state index in [9.17, 15) is 4.79 Å². The summed E-state index contributed by atoms with van der Waals surface area (Å²) in [6.07, 6.45) is 6.53. The molecule has 0 aromatic rings. The lowest BCUT2D eigenvalue weighted by molar-refractivity contribution is -0.146. The third-order valence-corrected chi connectivity index (χ3v) is 3.55. The van der Waals surface area contributed by atoms with E-state index in [2.05, 4.69) is 13.8 Å². The molecule has 1 atom stereocenters. The summed E-state index contributed by atoms with van der Waals surface area (Å²) in [4.78, 5) is 11.7. The standard InChI is InChI=1S/C14H27NO2/c1-11(2)7-13(9-15)8-14(16)17-10-12-5-3-4-6-12/h11-13H,3-10,15H2,1-2H3. The minimum absolute atomic E-state index is 0.0620. The predicted molar refractivity (Wildman–Crippen MR) is 69.5 cm³/mol. The molecule has 1 unspecified atom stereocenters. The molecule has 0 heterocycles. The van der Waals surface area contributed by atoms with Crippen LogP contribution >= 0.6 is 0 Å². The first-order valence-electron chi connectivity index (χ1n) is 6.97. The number of rotatable bonds is 7. The first-order chi connectivity index (χ1) is 8.11. The Morgan fingerprint density at radius 2 is 2.00 bits per heavy atom. The Hall–Kier alpha value is -0.570. The van der Waals surface area contributed by atoms with Crippen molar-refractivity contribution in [1.82, 2.24) is 0 Å². The first kappa shape index (κ1) is 14.5.